The summed E-state index contributed by atoms with van der Waals surface area (Å²) in [7, 11) is 0. The van der Waals surface area contributed by atoms with E-state index in [1.165, 1.54) is 0 Å². The number of carbonyl (C=O) groups excluding carboxylic acids is 1. The minimum absolute atomic E-state index is 0.0331. The molecular weight excluding hydrogens is 292 g/mol. The highest BCUT2D eigenvalue weighted by molar-refractivity contribution is 5.82. The highest BCUT2D eigenvalue weighted by atomic mass is 16.5. The molecule has 2 aliphatic rings. The third-order valence-corrected chi connectivity index (χ3v) is 4.65. The Bertz CT molecular complexity index is 553. The van der Waals surface area contributed by atoms with Gasteiger partial charge in [0.1, 0.15) is 5.75 Å². The highest BCUT2D eigenvalue weighted by Gasteiger charge is 2.31. The van der Waals surface area contributed by atoms with Crippen molar-refractivity contribution in [3.8, 4) is 5.75 Å². The van der Waals surface area contributed by atoms with Gasteiger partial charge in [0.15, 0.2) is 0 Å². The third kappa shape index (κ3) is 3.67. The lowest BCUT2D eigenvalue weighted by atomic mass is 10.00. The van der Waals surface area contributed by atoms with Crippen LogP contribution in [0.4, 0.5) is 0 Å². The van der Waals surface area contributed by atoms with Crippen LogP contribution in [0.3, 0.4) is 0 Å². The van der Waals surface area contributed by atoms with Crippen LogP contribution in [0.1, 0.15) is 38.8 Å². The molecule has 0 unspecified atom stereocenters. The number of benzene rings is 1. The summed E-state index contributed by atoms with van der Waals surface area (Å²) in [5.74, 6) is 0.957. The van der Waals surface area contributed by atoms with Gasteiger partial charge in [0.2, 0.25) is 5.91 Å². The van der Waals surface area contributed by atoms with E-state index >= 15 is 0 Å². The van der Waals surface area contributed by atoms with Crippen molar-refractivity contribution in [2.24, 2.45) is 0 Å². The van der Waals surface area contributed by atoms with Crippen LogP contribution >= 0.6 is 0 Å². The molecule has 4 atom stereocenters. The van der Waals surface area contributed by atoms with Crippen LogP contribution in [-0.2, 0) is 9.53 Å². The van der Waals surface area contributed by atoms with E-state index in [0.29, 0.717) is 6.61 Å². The van der Waals surface area contributed by atoms with Crippen molar-refractivity contribution in [1.82, 2.24) is 10.2 Å². The highest BCUT2D eigenvalue weighted by Crippen LogP contribution is 2.31. The lowest BCUT2D eigenvalue weighted by molar-refractivity contribution is -0.132. The zero-order valence-electron chi connectivity index (χ0n) is 14.1. The predicted molar refractivity (Wildman–Crippen MR) is 88.5 cm³/mol. The van der Waals surface area contributed by atoms with Gasteiger partial charge in [0.25, 0.3) is 0 Å². The van der Waals surface area contributed by atoms with E-state index in [0.717, 1.165) is 30.8 Å². The van der Waals surface area contributed by atoms with E-state index in [-0.39, 0.29) is 30.2 Å². The Morgan fingerprint density at radius 2 is 1.96 bits per heavy atom. The van der Waals surface area contributed by atoms with E-state index in [4.69, 9.17) is 9.47 Å². The first-order valence-electron chi connectivity index (χ1n) is 8.46. The average Bonchev–Trinajstić information content (AvgIpc) is 2.53. The molecule has 2 aliphatic heterocycles. The maximum absolute atomic E-state index is 12.7. The quantitative estimate of drug-likeness (QED) is 0.927. The molecule has 0 saturated carbocycles. The first kappa shape index (κ1) is 16.3. The van der Waals surface area contributed by atoms with Gasteiger partial charge in [-0.1, -0.05) is 18.2 Å². The minimum Gasteiger partial charge on any atom is -0.493 e. The number of para-hydroxylation sites is 1. The first-order chi connectivity index (χ1) is 11.0. The third-order valence-electron chi connectivity index (χ3n) is 4.65. The molecule has 0 spiro atoms. The fourth-order valence-corrected chi connectivity index (χ4v) is 3.48. The van der Waals surface area contributed by atoms with E-state index in [2.05, 4.69) is 24.1 Å². The van der Waals surface area contributed by atoms with E-state index in [1.54, 1.807) is 0 Å². The normalized spacial score (nSPS) is 29.3. The van der Waals surface area contributed by atoms with Gasteiger partial charge in [-0.25, -0.2) is 0 Å². The van der Waals surface area contributed by atoms with Gasteiger partial charge in [0, 0.05) is 25.1 Å². The molecular formula is C18H26N2O3. The summed E-state index contributed by atoms with van der Waals surface area (Å²) in [5.41, 5.74) is 1.07. The molecule has 5 heteroatoms. The van der Waals surface area contributed by atoms with Crippen molar-refractivity contribution in [1.29, 1.82) is 0 Å². The van der Waals surface area contributed by atoms with Gasteiger partial charge in [-0.2, -0.15) is 0 Å². The molecule has 1 amide bonds. The molecule has 1 saturated heterocycles. The molecule has 3 rings (SSSR count). The van der Waals surface area contributed by atoms with E-state index < -0.39 is 0 Å². The monoisotopic (exact) mass is 318 g/mol. The SMILES string of the molecule is C[C@@H]1CN([C@H](C)C(=O)N[C@@H]2CCOc3ccccc32)C[C@@H](C)O1. The maximum atomic E-state index is 12.7. The summed E-state index contributed by atoms with van der Waals surface area (Å²) >= 11 is 0. The van der Waals surface area contributed by atoms with Crippen LogP contribution in [-0.4, -0.2) is 48.8 Å². The molecule has 0 aliphatic carbocycles. The van der Waals surface area contributed by atoms with Gasteiger partial charge in [-0.3, -0.25) is 9.69 Å². The molecule has 0 radical (unpaired) electrons. The molecule has 0 bridgehead atoms. The fourth-order valence-electron chi connectivity index (χ4n) is 3.48. The second kappa shape index (κ2) is 6.89. The molecule has 0 aromatic heterocycles. The van der Waals surface area contributed by atoms with Gasteiger partial charge < -0.3 is 14.8 Å². The Balaban J connectivity index is 1.65. The topological polar surface area (TPSA) is 50.8 Å². The van der Waals surface area contributed by atoms with Gasteiger partial charge in [0.05, 0.1) is 30.9 Å². The predicted octanol–water partition coefficient (Wildman–Crippen LogP) is 2.12. The minimum atomic E-state index is -0.154. The van der Waals surface area contributed by atoms with Crippen LogP contribution in [0.5, 0.6) is 5.75 Å². The number of fused-ring (bicyclic) bond motifs is 1. The zero-order valence-corrected chi connectivity index (χ0v) is 14.1. The molecule has 2 heterocycles. The molecule has 5 nitrogen and oxygen atoms in total. The molecule has 1 aromatic carbocycles. The number of ether oxygens (including phenoxy) is 2. The number of hydrogen-bond acceptors (Lipinski definition) is 4. The number of amides is 1. The van der Waals surface area contributed by atoms with Crippen molar-refractivity contribution >= 4 is 5.91 Å². The second-order valence-electron chi connectivity index (χ2n) is 6.62. The van der Waals surface area contributed by atoms with Crippen LogP contribution in [0, 0.1) is 0 Å². The smallest absolute Gasteiger partial charge is 0.237 e. The summed E-state index contributed by atoms with van der Waals surface area (Å²) in [6.45, 7) is 8.32. The number of carbonyl (C=O) groups is 1. The standard InChI is InChI=1S/C18H26N2O3/c1-12-10-20(11-13(2)23-12)14(3)18(21)19-16-8-9-22-17-7-5-4-6-15(16)17/h4-7,12-14,16H,8-11H2,1-3H3,(H,19,21)/t12-,13-,14-,16-/m1/s1. The average molecular weight is 318 g/mol. The van der Waals surface area contributed by atoms with Crippen molar-refractivity contribution in [2.45, 2.75) is 51.5 Å². The zero-order chi connectivity index (χ0) is 16.4. The van der Waals surface area contributed by atoms with E-state index in [1.807, 2.05) is 31.2 Å². The first-order valence-corrected chi connectivity index (χ1v) is 8.46. The molecule has 126 valence electrons. The van der Waals surface area contributed by atoms with Crippen LogP contribution in [0.15, 0.2) is 24.3 Å². The summed E-state index contributed by atoms with van der Waals surface area (Å²) < 4.78 is 11.4. The van der Waals surface area contributed by atoms with Crippen molar-refractivity contribution < 1.29 is 14.3 Å². The number of morpholine rings is 1. The van der Waals surface area contributed by atoms with Crippen LogP contribution in [0.25, 0.3) is 0 Å². The maximum Gasteiger partial charge on any atom is 0.237 e. The molecule has 23 heavy (non-hydrogen) atoms. The lowest BCUT2D eigenvalue weighted by Crippen LogP contribution is -2.54. The Morgan fingerprint density at radius 3 is 2.70 bits per heavy atom. The van der Waals surface area contributed by atoms with Crippen molar-refractivity contribution in [3.63, 3.8) is 0 Å². The molecule has 1 fully saturated rings. The van der Waals surface area contributed by atoms with Crippen molar-refractivity contribution in [2.75, 3.05) is 19.7 Å². The summed E-state index contributed by atoms with van der Waals surface area (Å²) in [6.07, 6.45) is 1.14. The van der Waals surface area contributed by atoms with Crippen LogP contribution < -0.4 is 10.1 Å². The Kier molecular flexibility index (Phi) is 4.87. The lowest BCUT2D eigenvalue weighted by Gasteiger charge is -2.38. The van der Waals surface area contributed by atoms with Gasteiger partial charge in [-0.15, -0.1) is 0 Å². The number of rotatable bonds is 3. The number of hydrogen-bond donors (Lipinski definition) is 1. The number of nitrogens with zero attached hydrogens (tertiary/aromatic N) is 1. The molecule has 1 N–H and O–H groups in total. The fraction of sp³-hybridized carbons (Fsp3) is 0.611. The summed E-state index contributed by atoms with van der Waals surface area (Å²) in [6, 6.07) is 7.82. The largest absolute Gasteiger partial charge is 0.493 e. The van der Waals surface area contributed by atoms with Gasteiger partial charge in [-0.05, 0) is 26.8 Å². The Morgan fingerprint density at radius 1 is 1.26 bits per heavy atom. The summed E-state index contributed by atoms with van der Waals surface area (Å²) in [5, 5.41) is 3.20. The second-order valence-corrected chi connectivity index (χ2v) is 6.62. The Hall–Kier alpha value is -1.59. The van der Waals surface area contributed by atoms with Gasteiger partial charge >= 0.3 is 0 Å². The van der Waals surface area contributed by atoms with Crippen molar-refractivity contribution in [3.05, 3.63) is 29.8 Å². The summed E-state index contributed by atoms with van der Waals surface area (Å²) in [4.78, 5) is 14.9. The Labute approximate surface area is 137 Å². The van der Waals surface area contributed by atoms with Crippen LogP contribution in [0.2, 0.25) is 0 Å². The van der Waals surface area contributed by atoms with E-state index in [9.17, 15) is 4.79 Å². The molecule has 1 aromatic rings. The number of nitrogens with one attached hydrogen (secondary N) is 1.